The first-order valence-electron chi connectivity index (χ1n) is 7.14. The fourth-order valence-electron chi connectivity index (χ4n) is 2.58. The van der Waals surface area contributed by atoms with Gasteiger partial charge in [-0.25, -0.2) is 0 Å². The second-order valence-corrected chi connectivity index (χ2v) is 5.52. The monoisotopic (exact) mass is 294 g/mol. The Bertz CT molecular complexity index is 532. The maximum atomic E-state index is 12.3. The number of carboxylic acids is 1. The van der Waals surface area contributed by atoms with Crippen LogP contribution in [0.15, 0.2) is 6.07 Å². The highest BCUT2D eigenvalue weighted by Gasteiger charge is 2.27. The number of amides is 1. The molecule has 1 saturated heterocycles. The molecule has 1 atom stereocenters. The Hall–Kier alpha value is -1.89. The Morgan fingerprint density at radius 1 is 1.29 bits per heavy atom. The Kier molecular flexibility index (Phi) is 4.62. The number of rotatable bonds is 4. The van der Waals surface area contributed by atoms with E-state index in [4.69, 9.17) is 5.11 Å². The summed E-state index contributed by atoms with van der Waals surface area (Å²) in [7, 11) is 0. The number of aryl methyl sites for hydroxylation is 2. The first kappa shape index (κ1) is 15.5. The van der Waals surface area contributed by atoms with Gasteiger partial charge in [0.2, 0.25) is 5.91 Å². The van der Waals surface area contributed by atoms with Crippen LogP contribution in [0.25, 0.3) is 0 Å². The maximum absolute atomic E-state index is 12.3. The van der Waals surface area contributed by atoms with Crippen molar-refractivity contribution in [3.8, 4) is 0 Å². The summed E-state index contributed by atoms with van der Waals surface area (Å²) in [6.07, 6.45) is 0. The molecule has 0 aliphatic carbocycles. The van der Waals surface area contributed by atoms with Gasteiger partial charge in [0, 0.05) is 31.9 Å². The number of carboxylic acid groups (broad SMARTS) is 1. The minimum Gasteiger partial charge on any atom is -0.480 e. The van der Waals surface area contributed by atoms with Crippen LogP contribution in [0, 0.1) is 13.8 Å². The molecule has 2 heterocycles. The van der Waals surface area contributed by atoms with Gasteiger partial charge in [0.25, 0.3) is 0 Å². The first-order chi connectivity index (χ1) is 9.88. The molecule has 0 saturated carbocycles. The van der Waals surface area contributed by atoms with Crippen LogP contribution < -0.4 is 0 Å². The smallest absolute Gasteiger partial charge is 0.320 e. The average Bonchev–Trinajstić information content (AvgIpc) is 2.76. The molecule has 21 heavy (non-hydrogen) atoms. The van der Waals surface area contributed by atoms with Gasteiger partial charge in [-0.2, -0.15) is 5.10 Å². The number of aromatic nitrogens is 2. The molecule has 0 aromatic carbocycles. The van der Waals surface area contributed by atoms with Gasteiger partial charge in [0.05, 0.1) is 5.69 Å². The molecule has 1 fully saturated rings. The number of piperazine rings is 1. The molecule has 1 amide bonds. The molecule has 7 heteroatoms. The zero-order valence-corrected chi connectivity index (χ0v) is 12.7. The third kappa shape index (κ3) is 3.60. The molecule has 116 valence electrons. The molecule has 1 aromatic rings. The predicted molar refractivity (Wildman–Crippen MR) is 77.0 cm³/mol. The highest BCUT2D eigenvalue weighted by molar-refractivity contribution is 5.76. The number of hydrogen-bond acceptors (Lipinski definition) is 4. The van der Waals surface area contributed by atoms with Crippen molar-refractivity contribution in [1.82, 2.24) is 19.6 Å². The van der Waals surface area contributed by atoms with Crippen LogP contribution in [0.2, 0.25) is 0 Å². The van der Waals surface area contributed by atoms with Gasteiger partial charge in [-0.1, -0.05) is 0 Å². The summed E-state index contributed by atoms with van der Waals surface area (Å²) in [5.41, 5.74) is 1.87. The van der Waals surface area contributed by atoms with Crippen molar-refractivity contribution in [3.05, 3.63) is 17.5 Å². The van der Waals surface area contributed by atoms with Crippen molar-refractivity contribution in [2.24, 2.45) is 0 Å². The van der Waals surface area contributed by atoms with Crippen LogP contribution in [0.1, 0.15) is 18.3 Å². The molecule has 0 radical (unpaired) electrons. The highest BCUT2D eigenvalue weighted by Crippen LogP contribution is 2.08. The van der Waals surface area contributed by atoms with Crippen molar-refractivity contribution >= 4 is 11.9 Å². The van der Waals surface area contributed by atoms with E-state index in [0.29, 0.717) is 26.2 Å². The quantitative estimate of drug-likeness (QED) is 0.853. The lowest BCUT2D eigenvalue weighted by Gasteiger charge is -2.36. The Morgan fingerprint density at radius 2 is 1.90 bits per heavy atom. The summed E-state index contributed by atoms with van der Waals surface area (Å²) < 4.78 is 1.71. The van der Waals surface area contributed by atoms with Crippen molar-refractivity contribution < 1.29 is 14.7 Å². The van der Waals surface area contributed by atoms with E-state index in [2.05, 4.69) is 5.10 Å². The topological polar surface area (TPSA) is 78.7 Å². The number of carbonyl (C=O) groups is 2. The fraction of sp³-hybridized carbons (Fsp3) is 0.643. The van der Waals surface area contributed by atoms with Crippen LogP contribution in [0.4, 0.5) is 0 Å². The first-order valence-corrected chi connectivity index (χ1v) is 7.14. The van der Waals surface area contributed by atoms with Crippen LogP contribution in [-0.4, -0.2) is 68.8 Å². The van der Waals surface area contributed by atoms with Crippen molar-refractivity contribution in [2.75, 3.05) is 26.2 Å². The van der Waals surface area contributed by atoms with E-state index in [-0.39, 0.29) is 12.5 Å². The van der Waals surface area contributed by atoms with Gasteiger partial charge in [-0.15, -0.1) is 0 Å². The van der Waals surface area contributed by atoms with E-state index in [9.17, 15) is 9.59 Å². The van der Waals surface area contributed by atoms with Gasteiger partial charge in [0.15, 0.2) is 0 Å². The van der Waals surface area contributed by atoms with Crippen LogP contribution >= 0.6 is 0 Å². The van der Waals surface area contributed by atoms with Crippen molar-refractivity contribution in [2.45, 2.75) is 33.4 Å². The van der Waals surface area contributed by atoms with Crippen LogP contribution in [0.5, 0.6) is 0 Å². The van der Waals surface area contributed by atoms with E-state index in [1.165, 1.54) is 0 Å². The van der Waals surface area contributed by atoms with Crippen LogP contribution in [-0.2, 0) is 16.1 Å². The fourth-order valence-corrected chi connectivity index (χ4v) is 2.58. The molecule has 1 aliphatic rings. The molecule has 2 rings (SSSR count). The lowest BCUT2D eigenvalue weighted by Crippen LogP contribution is -2.53. The molecule has 1 aromatic heterocycles. The van der Waals surface area contributed by atoms with E-state index >= 15 is 0 Å². The highest BCUT2D eigenvalue weighted by atomic mass is 16.4. The number of aliphatic carboxylic acids is 1. The summed E-state index contributed by atoms with van der Waals surface area (Å²) in [4.78, 5) is 26.9. The molecule has 0 bridgehead atoms. The normalized spacial score (nSPS) is 17.8. The van der Waals surface area contributed by atoms with Gasteiger partial charge >= 0.3 is 5.97 Å². The minimum atomic E-state index is -0.822. The molecule has 7 nitrogen and oxygen atoms in total. The molecule has 1 unspecified atom stereocenters. The predicted octanol–water partition coefficient (Wildman–Crippen LogP) is 0.117. The second-order valence-electron chi connectivity index (χ2n) is 5.52. The Morgan fingerprint density at radius 3 is 2.38 bits per heavy atom. The average molecular weight is 294 g/mol. The van der Waals surface area contributed by atoms with Gasteiger partial charge in [-0.3, -0.25) is 19.2 Å². The largest absolute Gasteiger partial charge is 0.480 e. The number of nitrogens with zero attached hydrogens (tertiary/aromatic N) is 4. The van der Waals surface area contributed by atoms with Crippen molar-refractivity contribution in [1.29, 1.82) is 0 Å². The molecular weight excluding hydrogens is 272 g/mol. The molecule has 1 N–H and O–H groups in total. The zero-order chi connectivity index (χ0) is 15.6. The molecule has 1 aliphatic heterocycles. The SMILES string of the molecule is Cc1cc(C)n(CC(=O)N2CCN(C(C)C(=O)O)CC2)n1. The molecular formula is C14H22N4O3. The van der Waals surface area contributed by atoms with Crippen molar-refractivity contribution in [3.63, 3.8) is 0 Å². The number of carbonyl (C=O) groups excluding carboxylic acids is 1. The van der Waals surface area contributed by atoms with Gasteiger partial charge < -0.3 is 10.0 Å². The second kappa shape index (κ2) is 6.26. The number of hydrogen-bond donors (Lipinski definition) is 1. The standard InChI is InChI=1S/C14H22N4O3/c1-10-8-11(2)18(15-10)9-13(19)17-6-4-16(5-7-17)12(3)14(20)21/h8,12H,4-7,9H2,1-3H3,(H,20,21). The zero-order valence-electron chi connectivity index (χ0n) is 12.7. The lowest BCUT2D eigenvalue weighted by atomic mass is 10.2. The summed E-state index contributed by atoms with van der Waals surface area (Å²) in [6.45, 7) is 8.07. The summed E-state index contributed by atoms with van der Waals surface area (Å²) in [5, 5.41) is 13.3. The lowest BCUT2D eigenvalue weighted by molar-refractivity contribution is -0.144. The van der Waals surface area contributed by atoms with E-state index < -0.39 is 12.0 Å². The summed E-state index contributed by atoms with van der Waals surface area (Å²) >= 11 is 0. The summed E-state index contributed by atoms with van der Waals surface area (Å²) in [6, 6.07) is 1.44. The van der Waals surface area contributed by atoms with E-state index in [0.717, 1.165) is 11.4 Å². The third-order valence-corrected chi connectivity index (χ3v) is 3.96. The van der Waals surface area contributed by atoms with E-state index in [1.54, 1.807) is 16.5 Å². The molecule has 0 spiro atoms. The Labute approximate surface area is 124 Å². The minimum absolute atomic E-state index is 0.0313. The third-order valence-electron chi connectivity index (χ3n) is 3.96. The van der Waals surface area contributed by atoms with Gasteiger partial charge in [-0.05, 0) is 26.8 Å². The van der Waals surface area contributed by atoms with E-state index in [1.807, 2.05) is 24.8 Å². The van der Waals surface area contributed by atoms with Gasteiger partial charge in [0.1, 0.15) is 12.6 Å². The maximum Gasteiger partial charge on any atom is 0.320 e. The van der Waals surface area contributed by atoms with Crippen LogP contribution in [0.3, 0.4) is 0 Å². The summed E-state index contributed by atoms with van der Waals surface area (Å²) in [5.74, 6) is -0.791. The Balaban J connectivity index is 1.89.